The molecule has 1 atom stereocenters. The van der Waals surface area contributed by atoms with Gasteiger partial charge in [-0.25, -0.2) is 0 Å². The van der Waals surface area contributed by atoms with Crippen molar-refractivity contribution in [3.8, 4) is 5.75 Å². The summed E-state index contributed by atoms with van der Waals surface area (Å²) in [6, 6.07) is 2.28. The Balaban J connectivity index is 1.88. The number of benzene rings is 1. The maximum absolute atomic E-state index is 11.3. The molecule has 1 heterocycles. The number of hydrogen-bond donors (Lipinski definition) is 0. The average Bonchev–Trinajstić information content (AvgIpc) is 3.02. The number of carbonyl (C=O) groups excluding carboxylic acids is 1. The highest BCUT2D eigenvalue weighted by Crippen LogP contribution is 2.45. The number of aryl methyl sites for hydroxylation is 2. The van der Waals surface area contributed by atoms with Gasteiger partial charge in [-0.15, -0.1) is 0 Å². The van der Waals surface area contributed by atoms with E-state index in [1.807, 2.05) is 0 Å². The SMILES string of the molecule is COC(=O)CCC1CCc2cc(C)c3c(c21)CCO3. The molecule has 102 valence electrons. The summed E-state index contributed by atoms with van der Waals surface area (Å²) in [6.07, 6.45) is 4.73. The minimum absolute atomic E-state index is 0.103. The van der Waals surface area contributed by atoms with Crippen molar-refractivity contribution in [3.05, 3.63) is 28.3 Å². The van der Waals surface area contributed by atoms with Crippen LogP contribution in [0.3, 0.4) is 0 Å². The fraction of sp³-hybridized carbons (Fsp3) is 0.562. The van der Waals surface area contributed by atoms with Crippen LogP contribution in [0.4, 0.5) is 0 Å². The largest absolute Gasteiger partial charge is 0.493 e. The van der Waals surface area contributed by atoms with E-state index in [0.717, 1.165) is 38.0 Å². The molecular formula is C16H20O3. The zero-order valence-electron chi connectivity index (χ0n) is 11.6. The van der Waals surface area contributed by atoms with Gasteiger partial charge in [0.1, 0.15) is 5.75 Å². The molecule has 3 nitrogen and oxygen atoms in total. The molecule has 3 rings (SSSR count). The molecule has 1 aromatic carbocycles. The van der Waals surface area contributed by atoms with Crippen LogP contribution in [0, 0.1) is 6.92 Å². The molecule has 0 aromatic heterocycles. The normalized spacial score (nSPS) is 19.8. The number of carbonyl (C=O) groups is 1. The third-order valence-electron chi connectivity index (χ3n) is 4.39. The Morgan fingerprint density at radius 2 is 2.32 bits per heavy atom. The van der Waals surface area contributed by atoms with Gasteiger partial charge in [0.15, 0.2) is 0 Å². The number of methoxy groups -OCH3 is 1. The molecular weight excluding hydrogens is 240 g/mol. The molecule has 1 aliphatic heterocycles. The summed E-state index contributed by atoms with van der Waals surface area (Å²) in [6.45, 7) is 2.93. The van der Waals surface area contributed by atoms with Crippen molar-refractivity contribution >= 4 is 5.97 Å². The molecule has 0 saturated heterocycles. The van der Waals surface area contributed by atoms with Crippen LogP contribution in [0.15, 0.2) is 6.07 Å². The van der Waals surface area contributed by atoms with E-state index < -0.39 is 0 Å². The van der Waals surface area contributed by atoms with Gasteiger partial charge < -0.3 is 9.47 Å². The van der Waals surface area contributed by atoms with Crippen LogP contribution in [-0.4, -0.2) is 19.7 Å². The lowest BCUT2D eigenvalue weighted by Crippen LogP contribution is -2.05. The maximum atomic E-state index is 11.3. The van der Waals surface area contributed by atoms with Crippen molar-refractivity contribution < 1.29 is 14.3 Å². The molecule has 19 heavy (non-hydrogen) atoms. The summed E-state index contributed by atoms with van der Waals surface area (Å²) < 4.78 is 10.5. The third kappa shape index (κ3) is 2.11. The van der Waals surface area contributed by atoms with Crippen LogP contribution in [-0.2, 0) is 22.4 Å². The van der Waals surface area contributed by atoms with E-state index >= 15 is 0 Å². The zero-order valence-corrected chi connectivity index (χ0v) is 11.6. The van der Waals surface area contributed by atoms with Crippen molar-refractivity contribution in [1.82, 2.24) is 0 Å². The number of fused-ring (bicyclic) bond motifs is 3. The van der Waals surface area contributed by atoms with Gasteiger partial charge in [0.05, 0.1) is 13.7 Å². The second-order valence-corrected chi connectivity index (χ2v) is 5.52. The second kappa shape index (κ2) is 4.87. The van der Waals surface area contributed by atoms with E-state index in [4.69, 9.17) is 9.47 Å². The highest BCUT2D eigenvalue weighted by molar-refractivity contribution is 5.69. The Kier molecular flexibility index (Phi) is 3.21. The maximum Gasteiger partial charge on any atom is 0.305 e. The monoisotopic (exact) mass is 260 g/mol. The molecule has 1 aromatic rings. The van der Waals surface area contributed by atoms with Crippen molar-refractivity contribution in [2.45, 2.75) is 44.9 Å². The van der Waals surface area contributed by atoms with Crippen molar-refractivity contribution in [3.63, 3.8) is 0 Å². The Morgan fingerprint density at radius 1 is 1.47 bits per heavy atom. The fourth-order valence-electron chi connectivity index (χ4n) is 3.54. The van der Waals surface area contributed by atoms with Gasteiger partial charge >= 0.3 is 5.97 Å². The van der Waals surface area contributed by atoms with Gasteiger partial charge in [-0.3, -0.25) is 4.79 Å². The van der Waals surface area contributed by atoms with E-state index in [1.165, 1.54) is 29.4 Å². The first-order chi connectivity index (χ1) is 9.20. The summed E-state index contributed by atoms with van der Waals surface area (Å²) in [5.41, 5.74) is 5.61. The van der Waals surface area contributed by atoms with E-state index in [-0.39, 0.29) is 5.97 Å². The van der Waals surface area contributed by atoms with Crippen LogP contribution >= 0.6 is 0 Å². The minimum Gasteiger partial charge on any atom is -0.493 e. The molecule has 1 unspecified atom stereocenters. The summed E-state index contributed by atoms with van der Waals surface area (Å²) in [5.74, 6) is 1.50. The van der Waals surface area contributed by atoms with Gasteiger partial charge in [-0.1, -0.05) is 6.07 Å². The number of rotatable bonds is 3. The molecule has 3 heteroatoms. The fourth-order valence-corrected chi connectivity index (χ4v) is 3.54. The van der Waals surface area contributed by atoms with E-state index in [2.05, 4.69) is 13.0 Å². The highest BCUT2D eigenvalue weighted by atomic mass is 16.5. The van der Waals surface area contributed by atoms with Gasteiger partial charge in [0.25, 0.3) is 0 Å². The van der Waals surface area contributed by atoms with E-state index in [1.54, 1.807) is 0 Å². The van der Waals surface area contributed by atoms with Gasteiger partial charge in [-0.2, -0.15) is 0 Å². The van der Waals surface area contributed by atoms with Gasteiger partial charge in [0.2, 0.25) is 0 Å². The molecule has 1 aliphatic carbocycles. The van der Waals surface area contributed by atoms with Crippen molar-refractivity contribution in [1.29, 1.82) is 0 Å². The van der Waals surface area contributed by atoms with E-state index in [0.29, 0.717) is 12.3 Å². The molecule has 0 amide bonds. The first-order valence-electron chi connectivity index (χ1n) is 7.05. The molecule has 0 bridgehead atoms. The first kappa shape index (κ1) is 12.5. The average molecular weight is 260 g/mol. The lowest BCUT2D eigenvalue weighted by atomic mass is 9.90. The second-order valence-electron chi connectivity index (χ2n) is 5.52. The van der Waals surface area contributed by atoms with Gasteiger partial charge in [-0.05, 0) is 48.8 Å². The predicted octanol–water partition coefficient (Wildman–Crippen LogP) is 2.91. The summed E-state index contributed by atoms with van der Waals surface area (Å²) >= 11 is 0. The number of esters is 1. The Morgan fingerprint density at radius 3 is 3.11 bits per heavy atom. The topological polar surface area (TPSA) is 35.5 Å². The number of ether oxygens (including phenoxy) is 2. The number of hydrogen-bond acceptors (Lipinski definition) is 3. The van der Waals surface area contributed by atoms with Crippen LogP contribution in [0.2, 0.25) is 0 Å². The van der Waals surface area contributed by atoms with Crippen LogP contribution in [0.5, 0.6) is 5.75 Å². The molecule has 0 saturated carbocycles. The first-order valence-corrected chi connectivity index (χ1v) is 7.05. The summed E-state index contributed by atoms with van der Waals surface area (Å²) in [5, 5.41) is 0. The summed E-state index contributed by atoms with van der Waals surface area (Å²) in [7, 11) is 1.46. The minimum atomic E-state index is -0.103. The van der Waals surface area contributed by atoms with Crippen molar-refractivity contribution in [2.24, 2.45) is 0 Å². The van der Waals surface area contributed by atoms with Crippen molar-refractivity contribution in [2.75, 3.05) is 13.7 Å². The van der Waals surface area contributed by atoms with Crippen LogP contribution < -0.4 is 4.74 Å². The lowest BCUT2D eigenvalue weighted by molar-refractivity contribution is -0.140. The smallest absolute Gasteiger partial charge is 0.305 e. The standard InChI is InChI=1S/C16H20O3/c1-10-9-12-4-3-11(5-6-14(17)18-2)15(12)13-7-8-19-16(10)13/h9,11H,3-8H2,1-2H3. The Bertz CT molecular complexity index is 519. The highest BCUT2D eigenvalue weighted by Gasteiger charge is 2.30. The Hall–Kier alpha value is -1.51. The Labute approximate surface area is 113 Å². The van der Waals surface area contributed by atoms with Gasteiger partial charge in [0, 0.05) is 18.4 Å². The van der Waals surface area contributed by atoms with Crippen LogP contribution in [0.25, 0.3) is 0 Å². The van der Waals surface area contributed by atoms with Crippen LogP contribution in [0.1, 0.15) is 47.4 Å². The quantitative estimate of drug-likeness (QED) is 0.784. The lowest BCUT2D eigenvalue weighted by Gasteiger charge is -2.15. The molecule has 0 spiro atoms. The zero-order chi connectivity index (χ0) is 13.4. The third-order valence-corrected chi connectivity index (χ3v) is 4.39. The molecule has 0 fully saturated rings. The molecule has 0 N–H and O–H groups in total. The predicted molar refractivity (Wildman–Crippen MR) is 72.7 cm³/mol. The molecule has 0 radical (unpaired) electrons. The summed E-state index contributed by atoms with van der Waals surface area (Å²) in [4.78, 5) is 11.3. The van der Waals surface area contributed by atoms with E-state index in [9.17, 15) is 4.79 Å². The molecule has 2 aliphatic rings.